The summed E-state index contributed by atoms with van der Waals surface area (Å²) in [5.41, 5.74) is 13.7. The fourth-order valence-corrected chi connectivity index (χ4v) is 7.98. The van der Waals surface area contributed by atoms with Gasteiger partial charge in [0.2, 0.25) is 0 Å². The van der Waals surface area contributed by atoms with Gasteiger partial charge in [-0.3, -0.25) is 0 Å². The zero-order valence-electron chi connectivity index (χ0n) is 29.1. The van der Waals surface area contributed by atoms with Crippen molar-refractivity contribution in [1.82, 2.24) is 14.5 Å². The van der Waals surface area contributed by atoms with Crippen LogP contribution in [0.2, 0.25) is 0 Å². The topological polar surface area (TPSA) is 43.9 Å². The largest absolute Gasteiger partial charge is 0.456 e. The zero-order valence-corrected chi connectivity index (χ0v) is 29.1. The number of hydrogen-bond donors (Lipinski definition) is 0. The SMILES string of the molecule is c1ccc(-c2nc(-c3ccccc3)c3cc(-c4ccc5c6ccc(-c7ccc8oc9ccccc9c8c7)cc6n(-c6ccccc6)c5c4)ccc3n2)cc1. The highest BCUT2D eigenvalue weighted by molar-refractivity contribution is 6.12. The third kappa shape index (κ3) is 4.92. The standard InChI is InChI=1S/C50H31N3O/c1-4-12-32(13-5-1)49-43-29-34(22-26-44(43)51-50(52-49)33-14-6-2-7-15-33)36-20-24-39-40-25-21-37(31-46(40)53(45(39)30-36)38-16-8-3-9-17-38)35-23-27-48-42(28-35)41-18-10-11-19-47(41)54-48/h1-31H. The molecule has 0 fully saturated rings. The summed E-state index contributed by atoms with van der Waals surface area (Å²) in [6.45, 7) is 0. The normalized spacial score (nSPS) is 11.7. The predicted octanol–water partition coefficient (Wildman–Crippen LogP) is 13.3. The molecule has 0 unspecified atom stereocenters. The Morgan fingerprint density at radius 2 is 0.889 bits per heavy atom. The van der Waals surface area contributed by atoms with E-state index in [2.05, 4.69) is 156 Å². The smallest absolute Gasteiger partial charge is 0.160 e. The van der Waals surface area contributed by atoms with Crippen molar-refractivity contribution < 1.29 is 4.42 Å². The molecular weight excluding hydrogens is 659 g/mol. The van der Waals surface area contributed by atoms with Crippen LogP contribution >= 0.6 is 0 Å². The average Bonchev–Trinajstić information content (AvgIpc) is 3.78. The van der Waals surface area contributed by atoms with Crippen molar-refractivity contribution in [3.8, 4) is 50.6 Å². The molecule has 0 aliphatic rings. The van der Waals surface area contributed by atoms with Gasteiger partial charge in [0.05, 0.1) is 22.2 Å². The van der Waals surface area contributed by atoms with Crippen LogP contribution < -0.4 is 0 Å². The predicted molar refractivity (Wildman–Crippen MR) is 223 cm³/mol. The van der Waals surface area contributed by atoms with Crippen molar-refractivity contribution in [3.63, 3.8) is 0 Å². The molecule has 11 aromatic rings. The number of aromatic nitrogens is 3. The van der Waals surface area contributed by atoms with E-state index < -0.39 is 0 Å². The molecular formula is C50H31N3O. The zero-order chi connectivity index (χ0) is 35.6. The molecule has 252 valence electrons. The minimum absolute atomic E-state index is 0.723. The lowest BCUT2D eigenvalue weighted by Gasteiger charge is -2.12. The minimum atomic E-state index is 0.723. The molecule has 4 heteroatoms. The van der Waals surface area contributed by atoms with Crippen LogP contribution in [0.15, 0.2) is 192 Å². The third-order valence-corrected chi connectivity index (χ3v) is 10.6. The van der Waals surface area contributed by atoms with E-state index in [9.17, 15) is 0 Å². The van der Waals surface area contributed by atoms with Crippen LogP contribution in [-0.2, 0) is 0 Å². The Balaban J connectivity index is 1.09. The van der Waals surface area contributed by atoms with Crippen LogP contribution in [0.4, 0.5) is 0 Å². The highest BCUT2D eigenvalue weighted by atomic mass is 16.3. The van der Waals surface area contributed by atoms with Crippen LogP contribution in [0, 0.1) is 0 Å². The van der Waals surface area contributed by atoms with Crippen molar-refractivity contribution in [1.29, 1.82) is 0 Å². The summed E-state index contributed by atoms with van der Waals surface area (Å²) in [5, 5.41) is 5.71. The fourth-order valence-electron chi connectivity index (χ4n) is 7.98. The Morgan fingerprint density at radius 1 is 0.352 bits per heavy atom. The van der Waals surface area contributed by atoms with Gasteiger partial charge in [0.15, 0.2) is 5.82 Å². The number of nitrogens with zero attached hydrogens (tertiary/aromatic N) is 3. The van der Waals surface area contributed by atoms with Crippen LogP contribution in [0.25, 0.3) is 105 Å². The first-order valence-electron chi connectivity index (χ1n) is 18.2. The lowest BCUT2D eigenvalue weighted by molar-refractivity contribution is 0.669. The summed E-state index contributed by atoms with van der Waals surface area (Å²) in [6, 6.07) is 66.3. The van der Waals surface area contributed by atoms with E-state index in [0.29, 0.717) is 0 Å². The van der Waals surface area contributed by atoms with Gasteiger partial charge >= 0.3 is 0 Å². The van der Waals surface area contributed by atoms with Crippen molar-refractivity contribution in [2.24, 2.45) is 0 Å². The van der Waals surface area contributed by atoms with Gasteiger partial charge in [-0.25, -0.2) is 9.97 Å². The van der Waals surface area contributed by atoms with E-state index in [1.54, 1.807) is 0 Å². The van der Waals surface area contributed by atoms with Gasteiger partial charge < -0.3 is 8.98 Å². The highest BCUT2D eigenvalue weighted by Gasteiger charge is 2.17. The van der Waals surface area contributed by atoms with Gasteiger partial charge in [-0.1, -0.05) is 133 Å². The molecule has 0 saturated heterocycles. The van der Waals surface area contributed by atoms with Gasteiger partial charge in [-0.15, -0.1) is 0 Å². The third-order valence-electron chi connectivity index (χ3n) is 10.6. The first-order chi connectivity index (χ1) is 26.7. The lowest BCUT2D eigenvalue weighted by atomic mass is 9.98. The summed E-state index contributed by atoms with van der Waals surface area (Å²) in [4.78, 5) is 10.2. The van der Waals surface area contributed by atoms with Gasteiger partial charge in [-0.2, -0.15) is 0 Å². The van der Waals surface area contributed by atoms with Crippen molar-refractivity contribution in [3.05, 3.63) is 188 Å². The molecule has 0 atom stereocenters. The van der Waals surface area contributed by atoms with Gasteiger partial charge in [0.1, 0.15) is 11.2 Å². The molecule has 0 radical (unpaired) electrons. The number of para-hydroxylation sites is 2. The second kappa shape index (κ2) is 12.1. The maximum Gasteiger partial charge on any atom is 0.160 e. The van der Waals surface area contributed by atoms with Gasteiger partial charge in [-0.05, 0) is 76.9 Å². The molecule has 0 aliphatic carbocycles. The van der Waals surface area contributed by atoms with E-state index in [4.69, 9.17) is 14.4 Å². The van der Waals surface area contributed by atoms with E-state index in [-0.39, 0.29) is 0 Å². The Bertz CT molecular complexity index is 3200. The van der Waals surface area contributed by atoms with Crippen LogP contribution in [0.3, 0.4) is 0 Å². The van der Waals surface area contributed by atoms with E-state index in [0.717, 1.165) is 94.5 Å². The second-order valence-corrected chi connectivity index (χ2v) is 13.8. The molecule has 8 aromatic carbocycles. The van der Waals surface area contributed by atoms with Crippen LogP contribution in [-0.4, -0.2) is 14.5 Å². The molecule has 0 spiro atoms. The summed E-state index contributed by atoms with van der Waals surface area (Å²) in [5.74, 6) is 0.723. The molecule has 0 saturated carbocycles. The molecule has 11 rings (SSSR count). The second-order valence-electron chi connectivity index (χ2n) is 13.8. The number of furan rings is 1. The van der Waals surface area contributed by atoms with E-state index in [1.807, 2.05) is 36.4 Å². The lowest BCUT2D eigenvalue weighted by Crippen LogP contribution is -1.96. The molecule has 0 amide bonds. The maximum absolute atomic E-state index is 6.14. The monoisotopic (exact) mass is 689 g/mol. The maximum atomic E-state index is 6.14. The van der Waals surface area contributed by atoms with E-state index in [1.165, 1.54) is 10.8 Å². The van der Waals surface area contributed by atoms with E-state index >= 15 is 0 Å². The average molecular weight is 690 g/mol. The summed E-state index contributed by atoms with van der Waals surface area (Å²) in [6.07, 6.45) is 0. The number of hydrogen-bond acceptors (Lipinski definition) is 3. The number of rotatable bonds is 5. The fraction of sp³-hybridized carbons (Fsp3) is 0. The number of benzene rings is 8. The van der Waals surface area contributed by atoms with Crippen LogP contribution in [0.5, 0.6) is 0 Å². The Morgan fingerprint density at radius 3 is 1.59 bits per heavy atom. The van der Waals surface area contributed by atoms with Gasteiger partial charge in [0.25, 0.3) is 0 Å². The molecule has 54 heavy (non-hydrogen) atoms. The number of fused-ring (bicyclic) bond motifs is 7. The summed E-state index contributed by atoms with van der Waals surface area (Å²) in [7, 11) is 0. The molecule has 4 nitrogen and oxygen atoms in total. The summed E-state index contributed by atoms with van der Waals surface area (Å²) >= 11 is 0. The van der Waals surface area contributed by atoms with Crippen LogP contribution in [0.1, 0.15) is 0 Å². The minimum Gasteiger partial charge on any atom is -0.456 e. The quantitative estimate of drug-likeness (QED) is 0.181. The van der Waals surface area contributed by atoms with Gasteiger partial charge in [0, 0.05) is 43.7 Å². The molecule has 3 heterocycles. The first kappa shape index (κ1) is 30.3. The molecule has 0 bridgehead atoms. The van der Waals surface area contributed by atoms with Crippen molar-refractivity contribution in [2.45, 2.75) is 0 Å². The first-order valence-corrected chi connectivity index (χ1v) is 18.2. The molecule has 3 aromatic heterocycles. The Hall–Kier alpha value is -7.30. The highest BCUT2D eigenvalue weighted by Crippen LogP contribution is 2.39. The summed E-state index contributed by atoms with van der Waals surface area (Å²) < 4.78 is 8.54. The Kier molecular flexibility index (Phi) is 6.82. The molecule has 0 N–H and O–H groups in total. The van der Waals surface area contributed by atoms with Crippen molar-refractivity contribution >= 4 is 54.6 Å². The Labute approximate surface area is 311 Å². The molecule has 0 aliphatic heterocycles. The van der Waals surface area contributed by atoms with Crippen molar-refractivity contribution in [2.75, 3.05) is 0 Å².